The Balaban J connectivity index is 1.23. The SMILES string of the molecule is CS(=O)(=O)Oc1ccc([N+](=O)[O-])c2c1CNC(c1csc(C3CCN(C=Cn4nc(C(F)F)cc4C(F)F)CC3)n1)NC2. The summed E-state index contributed by atoms with van der Waals surface area (Å²) in [6, 6.07) is 3.19. The second kappa shape index (κ2) is 12.6. The summed E-state index contributed by atoms with van der Waals surface area (Å²) in [5.74, 6) is 0.152. The molecule has 1 aromatic carbocycles. The summed E-state index contributed by atoms with van der Waals surface area (Å²) >= 11 is 1.47. The van der Waals surface area contributed by atoms with E-state index in [9.17, 15) is 36.1 Å². The number of fused-ring (bicyclic) bond motifs is 1. The second-order valence-corrected chi connectivity index (χ2v) is 12.5. The Hall–Kier alpha value is -3.61. The van der Waals surface area contributed by atoms with Gasteiger partial charge in [-0.1, -0.05) is 0 Å². The van der Waals surface area contributed by atoms with Gasteiger partial charge in [-0.05, 0) is 25.0 Å². The molecule has 2 aliphatic heterocycles. The average molecular weight is 646 g/mol. The minimum atomic E-state index is -3.86. The Labute approximate surface area is 247 Å². The fraction of sp³-hybridized carbons (Fsp3) is 0.440. The molecule has 18 heteroatoms. The van der Waals surface area contributed by atoms with E-state index in [-0.39, 0.29) is 30.4 Å². The minimum Gasteiger partial charge on any atom is -0.382 e. The number of piperidine rings is 1. The molecule has 2 N–H and O–H groups in total. The highest BCUT2D eigenvalue weighted by Gasteiger charge is 2.29. The van der Waals surface area contributed by atoms with Crippen molar-refractivity contribution in [1.29, 1.82) is 0 Å². The number of likely N-dealkylation sites (tertiary alicyclic amines) is 1. The molecule has 5 rings (SSSR count). The number of alkyl halides is 4. The van der Waals surface area contributed by atoms with Crippen LogP contribution in [0.3, 0.4) is 0 Å². The number of nitro groups is 1. The van der Waals surface area contributed by atoms with Crippen LogP contribution >= 0.6 is 11.3 Å². The number of hydrogen-bond acceptors (Lipinski definition) is 11. The van der Waals surface area contributed by atoms with E-state index >= 15 is 0 Å². The first-order valence-corrected chi connectivity index (χ1v) is 15.8. The first-order chi connectivity index (χ1) is 20.4. The maximum absolute atomic E-state index is 13.2. The van der Waals surface area contributed by atoms with Crippen LogP contribution in [-0.4, -0.2) is 52.4 Å². The molecule has 2 aliphatic rings. The van der Waals surface area contributed by atoms with E-state index in [0.717, 1.165) is 28.8 Å². The van der Waals surface area contributed by atoms with Gasteiger partial charge in [0.2, 0.25) is 0 Å². The number of nitrogens with one attached hydrogen (secondary N) is 2. The average Bonchev–Trinajstić information content (AvgIpc) is 3.55. The standard InChI is InChI=1S/C25H27F4N7O5S2/c1-43(39,40)41-21-3-2-19(36(37)38)15-11-30-24(31-12-16(15)21)18-13-42-25(32-18)14-4-6-34(7-5-14)8-9-35-20(23(28)29)10-17(33-35)22(26)27/h2-3,8-10,13-14,22-24,30-31H,4-7,11-12H2,1H3. The molecule has 43 heavy (non-hydrogen) atoms. The van der Waals surface area contributed by atoms with Gasteiger partial charge in [-0.15, -0.1) is 11.3 Å². The molecular weight excluding hydrogens is 618 g/mol. The normalized spacial score (nSPS) is 18.4. The molecule has 12 nitrogen and oxygen atoms in total. The van der Waals surface area contributed by atoms with Gasteiger partial charge in [-0.2, -0.15) is 13.5 Å². The van der Waals surface area contributed by atoms with Crippen molar-refractivity contribution in [2.75, 3.05) is 19.3 Å². The van der Waals surface area contributed by atoms with Gasteiger partial charge >= 0.3 is 10.1 Å². The number of nitrogens with zero attached hydrogens (tertiary/aromatic N) is 5. The monoisotopic (exact) mass is 645 g/mol. The lowest BCUT2D eigenvalue weighted by molar-refractivity contribution is -0.385. The van der Waals surface area contributed by atoms with E-state index in [0.29, 0.717) is 36.0 Å². The molecule has 0 aliphatic carbocycles. The summed E-state index contributed by atoms with van der Waals surface area (Å²) in [5, 5.41) is 24.4. The van der Waals surface area contributed by atoms with E-state index in [2.05, 4.69) is 15.7 Å². The second-order valence-electron chi connectivity index (χ2n) is 10.0. The van der Waals surface area contributed by atoms with Gasteiger partial charge in [0.15, 0.2) is 0 Å². The van der Waals surface area contributed by atoms with Crippen molar-refractivity contribution in [2.24, 2.45) is 0 Å². The van der Waals surface area contributed by atoms with E-state index in [4.69, 9.17) is 9.17 Å². The Kier molecular flexibility index (Phi) is 9.00. The van der Waals surface area contributed by atoms with Gasteiger partial charge in [0.05, 0.1) is 27.4 Å². The van der Waals surface area contributed by atoms with Crippen LogP contribution in [0.25, 0.3) is 6.20 Å². The number of halogens is 4. The van der Waals surface area contributed by atoms with E-state index < -0.39 is 45.4 Å². The summed E-state index contributed by atoms with van der Waals surface area (Å²) in [5.41, 5.74) is -0.102. The number of aromatic nitrogens is 3. The van der Waals surface area contributed by atoms with Gasteiger partial charge in [-0.25, -0.2) is 27.2 Å². The Morgan fingerprint density at radius 2 is 1.81 bits per heavy atom. The van der Waals surface area contributed by atoms with Crippen LogP contribution in [0, 0.1) is 10.1 Å². The largest absolute Gasteiger partial charge is 0.382 e. The number of rotatable bonds is 9. The van der Waals surface area contributed by atoms with Crippen molar-refractivity contribution in [3.05, 3.63) is 73.1 Å². The Morgan fingerprint density at radius 1 is 1.12 bits per heavy atom. The maximum atomic E-state index is 13.2. The first kappa shape index (κ1) is 30.8. The smallest absolute Gasteiger partial charge is 0.306 e. The third-order valence-electron chi connectivity index (χ3n) is 7.13. The molecule has 0 spiro atoms. The van der Waals surface area contributed by atoms with Crippen LogP contribution in [-0.2, 0) is 23.2 Å². The van der Waals surface area contributed by atoms with Gasteiger partial charge < -0.3 is 9.08 Å². The maximum Gasteiger partial charge on any atom is 0.306 e. The number of thiazole rings is 1. The van der Waals surface area contributed by atoms with E-state index in [1.807, 2.05) is 10.3 Å². The highest BCUT2D eigenvalue weighted by molar-refractivity contribution is 7.86. The summed E-state index contributed by atoms with van der Waals surface area (Å²) in [4.78, 5) is 17.8. The van der Waals surface area contributed by atoms with E-state index in [1.54, 1.807) is 6.20 Å². The summed E-state index contributed by atoms with van der Waals surface area (Å²) in [6.07, 6.45) is -1.21. The predicted molar refractivity (Wildman–Crippen MR) is 148 cm³/mol. The predicted octanol–water partition coefficient (Wildman–Crippen LogP) is 4.66. The Bertz CT molecular complexity index is 1620. The van der Waals surface area contributed by atoms with Gasteiger partial charge in [0, 0.05) is 61.5 Å². The topological polar surface area (TPSA) is 145 Å². The third-order valence-corrected chi connectivity index (χ3v) is 8.64. The number of benzene rings is 1. The van der Waals surface area contributed by atoms with Crippen molar-refractivity contribution in [3.63, 3.8) is 0 Å². The van der Waals surface area contributed by atoms with Gasteiger partial charge in [0.25, 0.3) is 18.5 Å². The van der Waals surface area contributed by atoms with Crippen LogP contribution in [0.2, 0.25) is 0 Å². The van der Waals surface area contributed by atoms with E-state index in [1.165, 1.54) is 29.7 Å². The van der Waals surface area contributed by atoms with Crippen LogP contribution in [0.1, 0.15) is 71.0 Å². The third kappa shape index (κ3) is 7.14. The highest BCUT2D eigenvalue weighted by atomic mass is 32.2. The zero-order valence-electron chi connectivity index (χ0n) is 22.6. The molecule has 0 saturated carbocycles. The van der Waals surface area contributed by atoms with Crippen molar-refractivity contribution in [2.45, 2.75) is 50.9 Å². The summed E-state index contributed by atoms with van der Waals surface area (Å²) < 4.78 is 81.7. The molecule has 3 aromatic rings. The molecule has 2 aromatic heterocycles. The zero-order chi connectivity index (χ0) is 30.9. The Morgan fingerprint density at radius 3 is 2.44 bits per heavy atom. The molecular formula is C25H27F4N7O5S2. The van der Waals surface area contributed by atoms with Crippen molar-refractivity contribution < 1.29 is 35.1 Å². The van der Waals surface area contributed by atoms with Crippen molar-refractivity contribution >= 4 is 33.3 Å². The molecule has 0 amide bonds. The lowest BCUT2D eigenvalue weighted by atomic mass is 9.98. The lowest BCUT2D eigenvalue weighted by Crippen LogP contribution is -2.31. The number of nitro benzene ring substituents is 1. The fourth-order valence-electron chi connectivity index (χ4n) is 5.04. The van der Waals surface area contributed by atoms with Crippen LogP contribution in [0.4, 0.5) is 23.2 Å². The number of hydrogen-bond donors (Lipinski definition) is 2. The molecule has 1 fully saturated rings. The van der Waals surface area contributed by atoms with Gasteiger partial charge in [-0.3, -0.25) is 20.7 Å². The fourth-order valence-corrected chi connectivity index (χ4v) is 6.54. The molecule has 1 unspecified atom stereocenters. The van der Waals surface area contributed by atoms with Crippen LogP contribution in [0.15, 0.2) is 29.8 Å². The van der Waals surface area contributed by atoms with Crippen LogP contribution < -0.4 is 14.8 Å². The quantitative estimate of drug-likeness (QED) is 0.146. The highest BCUT2D eigenvalue weighted by Crippen LogP contribution is 2.35. The molecule has 1 saturated heterocycles. The summed E-state index contributed by atoms with van der Waals surface area (Å²) in [7, 11) is -3.86. The molecule has 4 heterocycles. The van der Waals surface area contributed by atoms with Crippen molar-refractivity contribution in [3.8, 4) is 5.75 Å². The van der Waals surface area contributed by atoms with Gasteiger partial charge in [0.1, 0.15) is 23.3 Å². The molecule has 1 atom stereocenters. The van der Waals surface area contributed by atoms with Crippen LogP contribution in [0.5, 0.6) is 5.75 Å². The zero-order valence-corrected chi connectivity index (χ0v) is 24.3. The lowest BCUT2D eigenvalue weighted by Gasteiger charge is -2.30. The molecule has 0 bridgehead atoms. The van der Waals surface area contributed by atoms with Crippen molar-refractivity contribution in [1.82, 2.24) is 30.3 Å². The first-order valence-electron chi connectivity index (χ1n) is 13.1. The molecule has 232 valence electrons. The molecule has 0 radical (unpaired) electrons. The summed E-state index contributed by atoms with van der Waals surface area (Å²) in [6.45, 7) is 1.35. The minimum absolute atomic E-state index is 0.0188.